The van der Waals surface area contributed by atoms with E-state index in [1.165, 1.54) is 23.0 Å². The molecule has 0 aliphatic heterocycles. The van der Waals surface area contributed by atoms with Crippen LogP contribution in [0.4, 0.5) is 14.6 Å². The monoisotopic (exact) mass is 407 g/mol. The van der Waals surface area contributed by atoms with Crippen LogP contribution in [0.5, 0.6) is 0 Å². The molecule has 0 amide bonds. The first-order valence-electron chi connectivity index (χ1n) is 9.15. The van der Waals surface area contributed by atoms with Crippen LogP contribution in [0.1, 0.15) is 5.56 Å². The lowest BCUT2D eigenvalue weighted by Crippen LogP contribution is -2.10. The smallest absolute Gasteiger partial charge is 0.190 e. The van der Waals surface area contributed by atoms with E-state index in [0.29, 0.717) is 5.69 Å². The van der Waals surface area contributed by atoms with Gasteiger partial charge in [-0.1, -0.05) is 24.3 Å². The molecule has 30 heavy (non-hydrogen) atoms. The Morgan fingerprint density at radius 1 is 1.10 bits per heavy atom. The molecular weight excluding hydrogens is 388 g/mol. The first-order chi connectivity index (χ1) is 14.4. The minimum Gasteiger partial charge on any atom is -0.382 e. The van der Waals surface area contributed by atoms with Gasteiger partial charge in [0.2, 0.25) is 0 Å². The molecule has 7 nitrogen and oxygen atoms in total. The van der Waals surface area contributed by atoms with Crippen molar-refractivity contribution in [1.29, 1.82) is 0 Å². The van der Waals surface area contributed by atoms with Gasteiger partial charge in [0, 0.05) is 12.1 Å². The first kappa shape index (κ1) is 19.6. The normalized spacial score (nSPS) is 11.2. The van der Waals surface area contributed by atoms with Crippen molar-refractivity contribution in [3.63, 3.8) is 0 Å². The summed E-state index contributed by atoms with van der Waals surface area (Å²) in [5.41, 5.74) is 8.77. The third-order valence-corrected chi connectivity index (χ3v) is 4.47. The second-order valence-corrected chi connectivity index (χ2v) is 7.02. The van der Waals surface area contributed by atoms with Gasteiger partial charge in [0.15, 0.2) is 29.0 Å². The van der Waals surface area contributed by atoms with Gasteiger partial charge in [-0.15, -0.1) is 10.2 Å². The number of nitrogens with two attached hydrogens (primary N) is 1. The Balaban J connectivity index is 1.80. The van der Waals surface area contributed by atoms with Crippen molar-refractivity contribution in [3.05, 3.63) is 72.2 Å². The Labute approximate surface area is 171 Å². The van der Waals surface area contributed by atoms with Crippen LogP contribution in [0.25, 0.3) is 28.5 Å². The second-order valence-electron chi connectivity index (χ2n) is 7.02. The van der Waals surface area contributed by atoms with Gasteiger partial charge in [0.05, 0.1) is 17.6 Å². The fourth-order valence-corrected chi connectivity index (χ4v) is 3.15. The zero-order valence-corrected chi connectivity index (χ0v) is 16.4. The molecule has 0 spiro atoms. The van der Waals surface area contributed by atoms with Crippen LogP contribution in [0, 0.1) is 11.6 Å². The average Bonchev–Trinajstić information content (AvgIpc) is 3.19. The molecule has 0 aliphatic carbocycles. The number of hydrogen-bond donors (Lipinski definition) is 1. The molecule has 4 rings (SSSR count). The maximum atomic E-state index is 14.3. The average molecular weight is 407 g/mol. The number of hydrogen-bond acceptors (Lipinski definition) is 6. The Morgan fingerprint density at radius 2 is 1.90 bits per heavy atom. The molecule has 0 aliphatic rings. The van der Waals surface area contributed by atoms with E-state index in [2.05, 4.69) is 25.1 Å². The number of rotatable bonds is 5. The van der Waals surface area contributed by atoms with Gasteiger partial charge in [-0.25, -0.2) is 18.7 Å². The first-order valence-corrected chi connectivity index (χ1v) is 9.15. The highest BCUT2D eigenvalue weighted by atomic mass is 19.2. The van der Waals surface area contributed by atoms with Crippen LogP contribution < -0.4 is 5.73 Å². The van der Waals surface area contributed by atoms with Gasteiger partial charge in [-0.3, -0.25) is 4.57 Å². The highest BCUT2D eigenvalue weighted by Gasteiger charge is 2.19. The van der Waals surface area contributed by atoms with E-state index in [4.69, 9.17) is 5.73 Å². The van der Waals surface area contributed by atoms with Crippen molar-refractivity contribution in [2.75, 3.05) is 19.8 Å². The summed E-state index contributed by atoms with van der Waals surface area (Å²) in [4.78, 5) is 10.9. The van der Waals surface area contributed by atoms with Crippen molar-refractivity contribution in [3.8, 4) is 28.5 Å². The van der Waals surface area contributed by atoms with E-state index in [1.807, 2.05) is 38.4 Å². The fourth-order valence-electron chi connectivity index (χ4n) is 3.15. The number of nitrogens with zero attached hydrogens (tertiary/aromatic N) is 6. The Hall–Kier alpha value is -3.72. The lowest BCUT2D eigenvalue weighted by molar-refractivity contribution is 0.402. The zero-order chi connectivity index (χ0) is 21.3. The minimum atomic E-state index is -1.02. The van der Waals surface area contributed by atoms with Crippen molar-refractivity contribution in [2.45, 2.75) is 6.54 Å². The molecule has 9 heteroatoms. The van der Waals surface area contributed by atoms with Crippen molar-refractivity contribution in [1.82, 2.24) is 29.6 Å². The number of anilines is 1. The predicted molar refractivity (Wildman–Crippen MR) is 110 cm³/mol. The summed E-state index contributed by atoms with van der Waals surface area (Å²) in [5.74, 6) is -1.72. The molecule has 152 valence electrons. The van der Waals surface area contributed by atoms with E-state index in [9.17, 15) is 8.78 Å². The van der Waals surface area contributed by atoms with E-state index in [-0.39, 0.29) is 23.0 Å². The molecule has 0 saturated carbocycles. The molecule has 2 aromatic carbocycles. The summed E-state index contributed by atoms with van der Waals surface area (Å²) in [6.45, 7) is 0.774. The van der Waals surface area contributed by atoms with Crippen LogP contribution >= 0.6 is 0 Å². The van der Waals surface area contributed by atoms with Gasteiger partial charge in [0.1, 0.15) is 6.33 Å². The molecule has 0 saturated heterocycles. The molecule has 0 fully saturated rings. The summed E-state index contributed by atoms with van der Waals surface area (Å²) in [6, 6.07) is 11.8. The fraction of sp³-hybridized carbons (Fsp3) is 0.143. The van der Waals surface area contributed by atoms with Crippen LogP contribution in [-0.4, -0.2) is 43.7 Å². The zero-order valence-electron chi connectivity index (χ0n) is 16.4. The molecule has 2 aromatic heterocycles. The van der Waals surface area contributed by atoms with Crippen LogP contribution in [0.15, 0.2) is 55.0 Å². The summed E-state index contributed by atoms with van der Waals surface area (Å²) in [5, 5.41) is 7.85. The summed E-state index contributed by atoms with van der Waals surface area (Å²) < 4.78 is 29.3. The maximum Gasteiger partial charge on any atom is 0.190 e. The molecular formula is C21H19F2N7. The quantitative estimate of drug-likeness (QED) is 0.546. The Kier molecular flexibility index (Phi) is 5.20. The van der Waals surface area contributed by atoms with Gasteiger partial charge in [-0.2, -0.15) is 0 Å². The number of benzene rings is 2. The molecule has 0 bridgehead atoms. The van der Waals surface area contributed by atoms with E-state index < -0.39 is 11.6 Å². The summed E-state index contributed by atoms with van der Waals surface area (Å²) >= 11 is 0. The largest absolute Gasteiger partial charge is 0.382 e. The number of aromatic nitrogens is 5. The van der Waals surface area contributed by atoms with Gasteiger partial charge >= 0.3 is 0 Å². The van der Waals surface area contributed by atoms with Crippen LogP contribution in [0.3, 0.4) is 0 Å². The number of halogens is 2. The Morgan fingerprint density at radius 3 is 2.70 bits per heavy atom. The van der Waals surface area contributed by atoms with Crippen molar-refractivity contribution in [2.24, 2.45) is 0 Å². The van der Waals surface area contributed by atoms with E-state index in [1.54, 1.807) is 6.20 Å². The van der Waals surface area contributed by atoms with Gasteiger partial charge in [0.25, 0.3) is 0 Å². The molecule has 0 unspecified atom stereocenters. The molecule has 0 atom stereocenters. The van der Waals surface area contributed by atoms with Crippen molar-refractivity contribution >= 4 is 5.82 Å². The van der Waals surface area contributed by atoms with Gasteiger partial charge < -0.3 is 10.6 Å². The minimum absolute atomic E-state index is 0.0467. The summed E-state index contributed by atoms with van der Waals surface area (Å²) in [6.07, 6.45) is 2.84. The molecule has 0 radical (unpaired) electrons. The summed E-state index contributed by atoms with van der Waals surface area (Å²) in [7, 11) is 3.98. The van der Waals surface area contributed by atoms with Crippen LogP contribution in [0.2, 0.25) is 0 Å². The van der Waals surface area contributed by atoms with E-state index in [0.717, 1.165) is 23.7 Å². The highest BCUT2D eigenvalue weighted by Crippen LogP contribution is 2.28. The van der Waals surface area contributed by atoms with Gasteiger partial charge in [-0.05, 0) is 37.9 Å². The maximum absolute atomic E-state index is 14.3. The Bertz CT molecular complexity index is 1200. The van der Waals surface area contributed by atoms with E-state index >= 15 is 0 Å². The molecule has 2 heterocycles. The molecule has 4 aromatic rings. The highest BCUT2D eigenvalue weighted by molar-refractivity contribution is 5.70. The lowest BCUT2D eigenvalue weighted by atomic mass is 10.1. The third-order valence-electron chi connectivity index (χ3n) is 4.47. The van der Waals surface area contributed by atoms with Crippen LogP contribution in [-0.2, 0) is 6.54 Å². The predicted octanol–water partition coefficient (Wildman–Crippen LogP) is 3.31. The third kappa shape index (κ3) is 3.74. The standard InChI is InChI=1S/C21H19F2N7/c1-29(2)11-13-5-3-6-14(9-13)16-10-25-20(24)19(27-16)21-28-26-12-30(21)17-8-4-7-15(22)18(17)23/h3-10,12H,11H2,1-2H3,(H2,24,25). The number of nitrogen functional groups attached to an aromatic ring is 1. The van der Waals surface area contributed by atoms with Crippen molar-refractivity contribution < 1.29 is 8.78 Å². The topological polar surface area (TPSA) is 85.8 Å². The SMILES string of the molecule is CN(C)Cc1cccc(-c2cnc(N)c(-c3nncn3-c3cccc(F)c3F)n2)c1. The molecule has 2 N–H and O–H groups in total. The second kappa shape index (κ2) is 7.96. The lowest BCUT2D eigenvalue weighted by Gasteiger charge is -2.12.